The molecule has 1 fully saturated rings. The quantitative estimate of drug-likeness (QED) is 0.788. The van der Waals surface area contributed by atoms with Crippen LogP contribution in [0.25, 0.3) is 0 Å². The molecule has 4 rings (SSSR count). The van der Waals surface area contributed by atoms with Gasteiger partial charge in [0, 0.05) is 19.0 Å². The maximum Gasteiger partial charge on any atom is 0.507 e. The van der Waals surface area contributed by atoms with Crippen molar-refractivity contribution in [1.82, 2.24) is 9.80 Å². The summed E-state index contributed by atoms with van der Waals surface area (Å²) in [5.74, 6) is 0.853. The smallest absolute Gasteiger partial charge is 0.389 e. The average molecular weight is 339 g/mol. The lowest BCUT2D eigenvalue weighted by molar-refractivity contribution is -0.685. The number of hydrogen-bond acceptors (Lipinski definition) is 4. The summed E-state index contributed by atoms with van der Waals surface area (Å²) in [4.78, 5) is 33.0. The first kappa shape index (κ1) is 15.6. The molecular formula is C18H19N4O3+. The second-order valence-electron chi connectivity index (χ2n) is 6.46. The number of nitrogens with zero attached hydrogens (tertiary/aromatic N) is 4. The van der Waals surface area contributed by atoms with Gasteiger partial charge in [-0.25, -0.2) is 4.79 Å². The van der Waals surface area contributed by atoms with Crippen LogP contribution in [0, 0.1) is 20.8 Å². The van der Waals surface area contributed by atoms with Gasteiger partial charge in [-0.1, -0.05) is 24.3 Å². The Morgan fingerprint density at radius 2 is 1.92 bits per heavy atom. The number of aromatic nitrogens is 1. The largest absolute Gasteiger partial charge is 0.507 e. The zero-order valence-electron chi connectivity index (χ0n) is 14.6. The zero-order valence-corrected chi connectivity index (χ0v) is 14.6. The molecule has 2 aromatic rings. The lowest BCUT2D eigenvalue weighted by Gasteiger charge is -2.32. The second kappa shape index (κ2) is 5.27. The van der Waals surface area contributed by atoms with Crippen LogP contribution in [0.5, 0.6) is 0 Å². The first-order valence-corrected chi connectivity index (χ1v) is 8.14. The van der Waals surface area contributed by atoms with Gasteiger partial charge in [0.25, 0.3) is 17.8 Å². The van der Waals surface area contributed by atoms with E-state index in [2.05, 4.69) is 4.99 Å². The lowest BCUT2D eigenvalue weighted by atomic mass is 10.1. The summed E-state index contributed by atoms with van der Waals surface area (Å²) in [7, 11) is 1.64. The van der Waals surface area contributed by atoms with E-state index in [9.17, 15) is 9.59 Å². The van der Waals surface area contributed by atoms with Gasteiger partial charge < -0.3 is 4.42 Å². The van der Waals surface area contributed by atoms with Gasteiger partial charge in [0.05, 0.1) is 6.54 Å². The minimum atomic E-state index is -0.654. The molecule has 0 radical (unpaired) electrons. The van der Waals surface area contributed by atoms with Gasteiger partial charge >= 0.3 is 12.0 Å². The highest BCUT2D eigenvalue weighted by Crippen LogP contribution is 2.31. The van der Waals surface area contributed by atoms with Crippen LogP contribution >= 0.6 is 0 Å². The number of carbonyl (C=O) groups is 2. The SMILES string of the molecule is Cc1ccccc1CN1C(=O)C2C(=Nc3oc(C)c(C)[n+]32)N(C)C1=O. The summed E-state index contributed by atoms with van der Waals surface area (Å²) in [5, 5.41) is 0. The molecule has 3 amide bonds. The molecule has 2 aliphatic rings. The minimum absolute atomic E-state index is 0.240. The summed E-state index contributed by atoms with van der Waals surface area (Å²) in [6, 6.07) is 7.08. The maximum absolute atomic E-state index is 13.1. The molecular weight excluding hydrogens is 320 g/mol. The van der Waals surface area contributed by atoms with Crippen molar-refractivity contribution in [3.63, 3.8) is 0 Å². The average Bonchev–Trinajstić information content (AvgIpc) is 3.08. The highest BCUT2D eigenvalue weighted by molar-refractivity contribution is 6.18. The van der Waals surface area contributed by atoms with E-state index in [-0.39, 0.29) is 18.5 Å². The van der Waals surface area contributed by atoms with E-state index in [0.717, 1.165) is 22.6 Å². The molecule has 1 unspecified atom stereocenters. The van der Waals surface area contributed by atoms with Gasteiger partial charge in [0.1, 0.15) is 5.69 Å². The molecule has 0 saturated carbocycles. The number of carbonyl (C=O) groups excluding carboxylic acids is 2. The Balaban J connectivity index is 1.76. The summed E-state index contributed by atoms with van der Waals surface area (Å²) in [6.45, 7) is 5.93. The first-order chi connectivity index (χ1) is 11.9. The standard InChI is InChI=1S/C18H19N4O3/c1-10-7-5-6-8-13(10)9-21-16(23)14-15(20(4)18(21)24)19-17-22(14)11(2)12(3)25-17/h5-8,14H,9H2,1-4H3/q+1. The van der Waals surface area contributed by atoms with E-state index in [1.807, 2.05) is 45.0 Å². The minimum Gasteiger partial charge on any atom is -0.389 e. The van der Waals surface area contributed by atoms with E-state index in [0.29, 0.717) is 11.9 Å². The number of aryl methyl sites for hydroxylation is 2. The number of aliphatic imine (C=N–C) groups is 1. The monoisotopic (exact) mass is 339 g/mol. The molecule has 25 heavy (non-hydrogen) atoms. The molecule has 128 valence electrons. The Morgan fingerprint density at radius 3 is 2.64 bits per heavy atom. The van der Waals surface area contributed by atoms with Crippen LogP contribution in [0.4, 0.5) is 10.8 Å². The van der Waals surface area contributed by atoms with E-state index in [1.54, 1.807) is 11.6 Å². The molecule has 0 bridgehead atoms. The summed E-state index contributed by atoms with van der Waals surface area (Å²) in [6.07, 6.45) is 0. The zero-order chi connectivity index (χ0) is 17.9. The second-order valence-corrected chi connectivity index (χ2v) is 6.46. The number of hydrogen-bond donors (Lipinski definition) is 0. The fraction of sp³-hybridized carbons (Fsp3) is 0.333. The van der Waals surface area contributed by atoms with Crippen LogP contribution in [0.15, 0.2) is 33.7 Å². The molecule has 3 heterocycles. The normalized spacial score (nSPS) is 19.2. The Bertz CT molecular complexity index is 944. The number of amides is 3. The van der Waals surface area contributed by atoms with Crippen LogP contribution in [-0.2, 0) is 11.3 Å². The van der Waals surface area contributed by atoms with Crippen LogP contribution in [0.1, 0.15) is 28.6 Å². The highest BCUT2D eigenvalue weighted by atomic mass is 16.4. The van der Waals surface area contributed by atoms with E-state index < -0.39 is 6.04 Å². The van der Waals surface area contributed by atoms with Gasteiger partial charge in [0.2, 0.25) is 0 Å². The van der Waals surface area contributed by atoms with Gasteiger partial charge in [-0.15, -0.1) is 0 Å². The van der Waals surface area contributed by atoms with Crippen molar-refractivity contribution in [3.05, 3.63) is 46.8 Å². The Kier molecular flexibility index (Phi) is 3.28. The number of fused-ring (bicyclic) bond motifs is 3. The molecule has 0 N–H and O–H groups in total. The molecule has 7 heteroatoms. The van der Waals surface area contributed by atoms with Crippen molar-refractivity contribution in [2.75, 3.05) is 7.05 Å². The fourth-order valence-electron chi connectivity index (χ4n) is 3.33. The van der Waals surface area contributed by atoms with E-state index in [1.165, 1.54) is 9.80 Å². The van der Waals surface area contributed by atoms with Crippen molar-refractivity contribution in [1.29, 1.82) is 0 Å². The third-order valence-corrected chi connectivity index (χ3v) is 4.99. The van der Waals surface area contributed by atoms with Crippen molar-refractivity contribution in [2.45, 2.75) is 33.4 Å². The summed E-state index contributed by atoms with van der Waals surface area (Å²) < 4.78 is 7.38. The Hall–Kier alpha value is -2.96. The van der Waals surface area contributed by atoms with Crippen LogP contribution in [-0.4, -0.2) is 34.6 Å². The number of urea groups is 1. The predicted molar refractivity (Wildman–Crippen MR) is 89.4 cm³/mol. The molecule has 2 aliphatic heterocycles. The molecule has 1 atom stereocenters. The predicted octanol–water partition coefficient (Wildman–Crippen LogP) is 2.17. The Labute approximate surface area is 145 Å². The van der Waals surface area contributed by atoms with Gasteiger partial charge in [-0.05, 0) is 25.0 Å². The lowest BCUT2D eigenvalue weighted by Crippen LogP contribution is -2.63. The number of rotatable bonds is 2. The van der Waals surface area contributed by atoms with Crippen LogP contribution < -0.4 is 4.57 Å². The first-order valence-electron chi connectivity index (χ1n) is 8.14. The molecule has 0 aliphatic carbocycles. The fourth-order valence-corrected chi connectivity index (χ4v) is 3.33. The number of amidine groups is 1. The van der Waals surface area contributed by atoms with Gasteiger partial charge in [-0.3, -0.25) is 14.6 Å². The van der Waals surface area contributed by atoms with Crippen molar-refractivity contribution < 1.29 is 18.6 Å². The Morgan fingerprint density at radius 1 is 1.20 bits per heavy atom. The van der Waals surface area contributed by atoms with Gasteiger partial charge in [0.15, 0.2) is 5.76 Å². The van der Waals surface area contributed by atoms with Crippen LogP contribution in [0.2, 0.25) is 0 Å². The van der Waals surface area contributed by atoms with Crippen molar-refractivity contribution in [3.8, 4) is 0 Å². The number of likely N-dealkylation sites (N-methyl/N-ethyl adjacent to an activating group) is 1. The molecule has 7 nitrogen and oxygen atoms in total. The van der Waals surface area contributed by atoms with Crippen molar-refractivity contribution >= 4 is 23.8 Å². The van der Waals surface area contributed by atoms with Gasteiger partial charge in [-0.2, -0.15) is 4.57 Å². The van der Waals surface area contributed by atoms with E-state index >= 15 is 0 Å². The summed E-state index contributed by atoms with van der Waals surface area (Å²) in [5.41, 5.74) is 2.83. The highest BCUT2D eigenvalue weighted by Gasteiger charge is 2.55. The molecule has 1 saturated heterocycles. The van der Waals surface area contributed by atoms with Crippen molar-refractivity contribution in [2.24, 2.45) is 4.99 Å². The van der Waals surface area contributed by atoms with Crippen LogP contribution in [0.3, 0.4) is 0 Å². The third-order valence-electron chi connectivity index (χ3n) is 4.99. The number of oxazole rings is 1. The molecule has 0 spiro atoms. The molecule has 1 aromatic heterocycles. The number of benzene rings is 1. The molecule has 1 aromatic carbocycles. The summed E-state index contributed by atoms with van der Waals surface area (Å²) >= 11 is 0. The van der Waals surface area contributed by atoms with E-state index in [4.69, 9.17) is 4.42 Å². The maximum atomic E-state index is 13.1. The number of imide groups is 1. The topological polar surface area (TPSA) is 70.0 Å². The third kappa shape index (κ3) is 2.12.